The van der Waals surface area contributed by atoms with Crippen LogP contribution >= 0.6 is 0 Å². The van der Waals surface area contributed by atoms with Crippen LogP contribution in [0.1, 0.15) is 41.4 Å². The van der Waals surface area contributed by atoms with Crippen LogP contribution in [0.4, 0.5) is 11.4 Å². The molecule has 6 nitrogen and oxygen atoms in total. The van der Waals surface area contributed by atoms with E-state index in [0.29, 0.717) is 28.6 Å². The number of likely N-dealkylation sites (tertiary alicyclic amines) is 1. The Hall–Kier alpha value is -3.28. The summed E-state index contributed by atoms with van der Waals surface area (Å²) in [6.07, 6.45) is 2.05. The van der Waals surface area contributed by atoms with Gasteiger partial charge in [-0.2, -0.15) is 0 Å². The van der Waals surface area contributed by atoms with Crippen molar-refractivity contribution in [1.29, 1.82) is 0 Å². The third-order valence-corrected chi connectivity index (χ3v) is 6.39. The van der Waals surface area contributed by atoms with Gasteiger partial charge in [0.05, 0.1) is 25.4 Å². The molecule has 0 radical (unpaired) electrons. The van der Waals surface area contributed by atoms with Crippen LogP contribution in [-0.4, -0.2) is 43.1 Å². The standard InChI is InChI=1S/C26H31N3O3/c1-16-8-10-29(11-9-16)26(30)23-14-21(27-19-7-6-17(2)18(3)12-19)20-13-24(31-4)25(32-5)15-22(20)28-23/h6-7,12-16H,8-11H2,1-5H3,(H,27,28). The van der Waals surface area contributed by atoms with Gasteiger partial charge < -0.3 is 19.7 Å². The van der Waals surface area contributed by atoms with Crippen molar-refractivity contribution in [2.24, 2.45) is 5.92 Å². The highest BCUT2D eigenvalue weighted by atomic mass is 16.5. The van der Waals surface area contributed by atoms with Crippen LogP contribution in [0, 0.1) is 19.8 Å². The first-order valence-electron chi connectivity index (χ1n) is 11.1. The summed E-state index contributed by atoms with van der Waals surface area (Å²) in [6, 6.07) is 11.8. The Kier molecular flexibility index (Phi) is 6.21. The molecule has 3 aromatic rings. The van der Waals surface area contributed by atoms with Gasteiger partial charge in [-0.1, -0.05) is 13.0 Å². The largest absolute Gasteiger partial charge is 0.493 e. The van der Waals surface area contributed by atoms with Gasteiger partial charge in [-0.15, -0.1) is 0 Å². The first-order valence-corrected chi connectivity index (χ1v) is 11.1. The van der Waals surface area contributed by atoms with Crippen LogP contribution in [0.5, 0.6) is 11.5 Å². The number of pyridine rings is 1. The second kappa shape index (κ2) is 9.07. The molecule has 32 heavy (non-hydrogen) atoms. The fourth-order valence-corrected chi connectivity index (χ4v) is 4.11. The molecule has 0 atom stereocenters. The molecular formula is C26H31N3O3. The molecule has 1 fully saturated rings. The molecule has 2 aromatic carbocycles. The Morgan fingerprint density at radius 3 is 2.34 bits per heavy atom. The molecule has 0 spiro atoms. The quantitative estimate of drug-likeness (QED) is 0.577. The molecule has 2 heterocycles. The summed E-state index contributed by atoms with van der Waals surface area (Å²) in [5, 5.41) is 4.37. The van der Waals surface area contributed by atoms with E-state index in [9.17, 15) is 4.79 Å². The molecule has 1 aliphatic rings. The summed E-state index contributed by atoms with van der Waals surface area (Å²) >= 11 is 0. The van der Waals surface area contributed by atoms with Crippen molar-refractivity contribution in [2.45, 2.75) is 33.6 Å². The maximum Gasteiger partial charge on any atom is 0.272 e. The Balaban J connectivity index is 1.80. The average molecular weight is 434 g/mol. The first kappa shape index (κ1) is 21.9. The lowest BCUT2D eigenvalue weighted by Gasteiger charge is -2.30. The summed E-state index contributed by atoms with van der Waals surface area (Å²) in [6.45, 7) is 7.96. The molecule has 0 saturated carbocycles. The van der Waals surface area contributed by atoms with Gasteiger partial charge in [-0.05, 0) is 68.0 Å². The van der Waals surface area contributed by atoms with E-state index < -0.39 is 0 Å². The van der Waals surface area contributed by atoms with E-state index in [-0.39, 0.29) is 5.91 Å². The molecule has 1 saturated heterocycles. The summed E-state index contributed by atoms with van der Waals surface area (Å²) in [5.74, 6) is 1.83. The number of nitrogens with one attached hydrogen (secondary N) is 1. The Morgan fingerprint density at radius 1 is 1.00 bits per heavy atom. The van der Waals surface area contributed by atoms with E-state index in [4.69, 9.17) is 14.5 Å². The van der Waals surface area contributed by atoms with Crippen LogP contribution in [0.3, 0.4) is 0 Å². The molecular weight excluding hydrogens is 402 g/mol. The lowest BCUT2D eigenvalue weighted by molar-refractivity contribution is 0.0691. The topological polar surface area (TPSA) is 63.7 Å². The molecule has 1 aromatic heterocycles. The number of benzene rings is 2. The SMILES string of the molecule is COc1cc2nc(C(=O)N3CCC(C)CC3)cc(Nc3ccc(C)c(C)c3)c2cc1OC. The van der Waals surface area contributed by atoms with Crippen LogP contribution in [0.2, 0.25) is 0 Å². The molecule has 1 aliphatic heterocycles. The number of aryl methyl sites for hydroxylation is 2. The Morgan fingerprint density at radius 2 is 1.69 bits per heavy atom. The zero-order chi connectivity index (χ0) is 22.8. The van der Waals surface area contributed by atoms with E-state index >= 15 is 0 Å². The molecule has 4 rings (SSSR count). The molecule has 168 valence electrons. The molecule has 0 unspecified atom stereocenters. The first-order chi connectivity index (χ1) is 15.4. The highest BCUT2D eigenvalue weighted by Crippen LogP contribution is 2.36. The fourth-order valence-electron chi connectivity index (χ4n) is 4.11. The monoisotopic (exact) mass is 433 g/mol. The van der Waals surface area contributed by atoms with E-state index in [1.807, 2.05) is 29.2 Å². The smallest absolute Gasteiger partial charge is 0.272 e. The van der Waals surface area contributed by atoms with E-state index in [2.05, 4.69) is 38.2 Å². The lowest BCUT2D eigenvalue weighted by atomic mass is 9.99. The van der Waals surface area contributed by atoms with Gasteiger partial charge in [0, 0.05) is 30.2 Å². The minimum absolute atomic E-state index is 0.0308. The highest BCUT2D eigenvalue weighted by molar-refractivity contribution is 6.01. The predicted octanol–water partition coefficient (Wildman–Crippen LogP) is 5.48. The average Bonchev–Trinajstić information content (AvgIpc) is 2.80. The summed E-state index contributed by atoms with van der Waals surface area (Å²) < 4.78 is 11.0. The zero-order valence-corrected chi connectivity index (χ0v) is 19.5. The number of methoxy groups -OCH3 is 2. The van der Waals surface area contributed by atoms with Gasteiger partial charge in [-0.25, -0.2) is 4.98 Å². The van der Waals surface area contributed by atoms with Crippen molar-refractivity contribution in [3.8, 4) is 11.5 Å². The number of carbonyl (C=O) groups is 1. The van der Waals surface area contributed by atoms with Crippen LogP contribution in [-0.2, 0) is 0 Å². The van der Waals surface area contributed by atoms with Crippen molar-refractivity contribution < 1.29 is 14.3 Å². The normalized spacial score (nSPS) is 14.5. The predicted molar refractivity (Wildman–Crippen MR) is 128 cm³/mol. The summed E-state index contributed by atoms with van der Waals surface area (Å²) in [5.41, 5.74) is 5.33. The number of ether oxygens (including phenoxy) is 2. The number of fused-ring (bicyclic) bond motifs is 1. The minimum atomic E-state index is -0.0308. The van der Waals surface area contributed by atoms with Gasteiger partial charge >= 0.3 is 0 Å². The number of hydrogen-bond donors (Lipinski definition) is 1. The number of piperidine rings is 1. The van der Waals surface area contributed by atoms with Crippen LogP contribution in [0.25, 0.3) is 10.9 Å². The third kappa shape index (κ3) is 4.35. The summed E-state index contributed by atoms with van der Waals surface area (Å²) in [4.78, 5) is 19.9. The van der Waals surface area contributed by atoms with Crippen molar-refractivity contribution in [3.63, 3.8) is 0 Å². The third-order valence-electron chi connectivity index (χ3n) is 6.39. The van der Waals surface area contributed by atoms with Gasteiger partial charge in [0.15, 0.2) is 11.5 Å². The van der Waals surface area contributed by atoms with Crippen molar-refractivity contribution in [1.82, 2.24) is 9.88 Å². The number of nitrogens with zero attached hydrogens (tertiary/aromatic N) is 2. The van der Waals surface area contributed by atoms with Crippen molar-refractivity contribution in [2.75, 3.05) is 32.6 Å². The number of aromatic nitrogens is 1. The van der Waals surface area contributed by atoms with Crippen LogP contribution < -0.4 is 14.8 Å². The summed E-state index contributed by atoms with van der Waals surface area (Å²) in [7, 11) is 3.21. The minimum Gasteiger partial charge on any atom is -0.493 e. The number of carbonyl (C=O) groups excluding carboxylic acids is 1. The second-order valence-electron chi connectivity index (χ2n) is 8.68. The molecule has 1 N–H and O–H groups in total. The molecule has 1 amide bonds. The van der Waals surface area contributed by atoms with E-state index in [1.165, 1.54) is 11.1 Å². The van der Waals surface area contributed by atoms with E-state index in [0.717, 1.165) is 42.7 Å². The zero-order valence-electron chi connectivity index (χ0n) is 19.5. The van der Waals surface area contributed by atoms with Gasteiger partial charge in [-0.3, -0.25) is 4.79 Å². The maximum absolute atomic E-state index is 13.3. The van der Waals surface area contributed by atoms with Gasteiger partial charge in [0.25, 0.3) is 5.91 Å². The number of rotatable bonds is 5. The second-order valence-corrected chi connectivity index (χ2v) is 8.68. The van der Waals surface area contributed by atoms with Gasteiger partial charge in [0.2, 0.25) is 0 Å². The molecule has 0 bridgehead atoms. The van der Waals surface area contributed by atoms with E-state index in [1.54, 1.807) is 14.2 Å². The van der Waals surface area contributed by atoms with Crippen molar-refractivity contribution in [3.05, 3.63) is 53.2 Å². The number of anilines is 2. The van der Waals surface area contributed by atoms with Crippen molar-refractivity contribution >= 4 is 28.2 Å². The highest BCUT2D eigenvalue weighted by Gasteiger charge is 2.24. The maximum atomic E-state index is 13.3. The molecule has 6 heteroatoms. The lowest BCUT2D eigenvalue weighted by Crippen LogP contribution is -2.38. The fraction of sp³-hybridized carbons (Fsp3) is 0.385. The Labute approximate surface area is 189 Å². The molecule has 0 aliphatic carbocycles. The number of hydrogen-bond acceptors (Lipinski definition) is 5. The van der Waals surface area contributed by atoms with Crippen LogP contribution in [0.15, 0.2) is 36.4 Å². The van der Waals surface area contributed by atoms with Gasteiger partial charge in [0.1, 0.15) is 5.69 Å². The number of amides is 1. The Bertz CT molecular complexity index is 1150.